The molecule has 1 fully saturated rings. The van der Waals surface area contributed by atoms with E-state index in [2.05, 4.69) is 25.7 Å². The maximum absolute atomic E-state index is 10.8. The molecule has 4 heteroatoms. The van der Waals surface area contributed by atoms with E-state index >= 15 is 0 Å². The number of likely N-dealkylation sites (tertiary alicyclic amines) is 1. The van der Waals surface area contributed by atoms with E-state index in [0.29, 0.717) is 11.3 Å². The Balaban J connectivity index is 2.46. The van der Waals surface area contributed by atoms with Crippen molar-refractivity contribution in [2.45, 2.75) is 46.1 Å². The quantitative estimate of drug-likeness (QED) is 0.790. The van der Waals surface area contributed by atoms with Crippen LogP contribution in [0, 0.1) is 11.3 Å². The Labute approximate surface area is 104 Å². The second-order valence-corrected chi connectivity index (χ2v) is 6.50. The number of nitrogens with zero attached hydrogens (tertiary/aromatic N) is 1. The monoisotopic (exact) mass is 243 g/mol. The Morgan fingerprint density at radius 3 is 2.06 bits per heavy atom. The molecular formula is C13H25NO3. The van der Waals surface area contributed by atoms with E-state index in [1.54, 1.807) is 0 Å². The van der Waals surface area contributed by atoms with Gasteiger partial charge in [-0.05, 0) is 44.2 Å². The third-order valence-electron chi connectivity index (χ3n) is 3.80. The summed E-state index contributed by atoms with van der Waals surface area (Å²) in [6, 6.07) is 0. The van der Waals surface area contributed by atoms with Crippen LogP contribution in [0.25, 0.3) is 0 Å². The maximum Gasteiger partial charge on any atom is 0.336 e. The first kappa shape index (κ1) is 14.5. The van der Waals surface area contributed by atoms with Gasteiger partial charge in [0.05, 0.1) is 0 Å². The lowest BCUT2D eigenvalue weighted by atomic mass is 9.75. The Hall–Kier alpha value is -0.610. The Kier molecular flexibility index (Phi) is 4.20. The third-order valence-corrected chi connectivity index (χ3v) is 3.80. The molecule has 2 N–H and O–H groups in total. The van der Waals surface area contributed by atoms with Crippen LogP contribution in [0.3, 0.4) is 0 Å². The molecule has 0 aliphatic carbocycles. The van der Waals surface area contributed by atoms with Crippen molar-refractivity contribution < 1.29 is 15.0 Å². The summed E-state index contributed by atoms with van der Waals surface area (Å²) in [6.45, 7) is 10.1. The fraction of sp³-hybridized carbons (Fsp3) is 0.923. The summed E-state index contributed by atoms with van der Waals surface area (Å²) in [7, 11) is 0. The number of aliphatic carboxylic acids is 1. The highest BCUT2D eigenvalue weighted by molar-refractivity contribution is 5.76. The molecule has 1 aliphatic rings. The largest absolute Gasteiger partial charge is 0.479 e. The highest BCUT2D eigenvalue weighted by atomic mass is 16.4. The van der Waals surface area contributed by atoms with E-state index in [-0.39, 0.29) is 6.54 Å². The summed E-state index contributed by atoms with van der Waals surface area (Å²) in [6.07, 6.45) is 2.17. The molecule has 0 bridgehead atoms. The molecule has 0 saturated carbocycles. The van der Waals surface area contributed by atoms with Crippen molar-refractivity contribution in [3.05, 3.63) is 0 Å². The van der Waals surface area contributed by atoms with E-state index in [9.17, 15) is 9.90 Å². The predicted molar refractivity (Wildman–Crippen MR) is 66.9 cm³/mol. The molecule has 4 nitrogen and oxygen atoms in total. The van der Waals surface area contributed by atoms with Crippen LogP contribution in [-0.4, -0.2) is 46.3 Å². The summed E-state index contributed by atoms with van der Waals surface area (Å²) in [4.78, 5) is 12.9. The van der Waals surface area contributed by atoms with Crippen LogP contribution in [-0.2, 0) is 4.79 Å². The van der Waals surface area contributed by atoms with Gasteiger partial charge in [0.15, 0.2) is 5.60 Å². The fourth-order valence-corrected chi connectivity index (χ4v) is 2.46. The van der Waals surface area contributed by atoms with Gasteiger partial charge in [-0.2, -0.15) is 0 Å². The van der Waals surface area contributed by atoms with Gasteiger partial charge in [-0.25, -0.2) is 4.79 Å². The van der Waals surface area contributed by atoms with Crippen LogP contribution in [0.1, 0.15) is 40.5 Å². The third kappa shape index (κ3) is 3.96. The van der Waals surface area contributed by atoms with E-state index in [4.69, 9.17) is 5.11 Å². The molecule has 0 radical (unpaired) electrons. The number of piperidine rings is 1. The van der Waals surface area contributed by atoms with Crippen molar-refractivity contribution in [3.8, 4) is 0 Å². The Morgan fingerprint density at radius 1 is 1.24 bits per heavy atom. The summed E-state index contributed by atoms with van der Waals surface area (Å²) < 4.78 is 0. The van der Waals surface area contributed by atoms with Crippen molar-refractivity contribution in [2.24, 2.45) is 11.3 Å². The molecule has 1 atom stereocenters. The smallest absolute Gasteiger partial charge is 0.336 e. The van der Waals surface area contributed by atoms with Gasteiger partial charge in [0.1, 0.15) is 0 Å². The lowest BCUT2D eigenvalue weighted by Crippen LogP contribution is -2.49. The van der Waals surface area contributed by atoms with Gasteiger partial charge in [0.25, 0.3) is 0 Å². The second-order valence-electron chi connectivity index (χ2n) is 6.50. The molecule has 0 spiro atoms. The number of hydrogen-bond acceptors (Lipinski definition) is 3. The topological polar surface area (TPSA) is 60.8 Å². The number of rotatable bonds is 3. The molecule has 17 heavy (non-hydrogen) atoms. The number of aliphatic hydroxyl groups is 1. The molecule has 100 valence electrons. The van der Waals surface area contributed by atoms with Crippen LogP contribution >= 0.6 is 0 Å². The molecular weight excluding hydrogens is 218 g/mol. The maximum atomic E-state index is 10.8. The summed E-state index contributed by atoms with van der Waals surface area (Å²) in [5.74, 6) is -0.455. The summed E-state index contributed by atoms with van der Waals surface area (Å²) in [5.41, 5.74) is -1.31. The van der Waals surface area contributed by atoms with Gasteiger partial charge in [0, 0.05) is 6.54 Å². The van der Waals surface area contributed by atoms with Gasteiger partial charge in [-0.1, -0.05) is 20.8 Å². The van der Waals surface area contributed by atoms with Gasteiger partial charge in [0.2, 0.25) is 0 Å². The minimum atomic E-state index is -1.63. The van der Waals surface area contributed by atoms with Crippen molar-refractivity contribution >= 4 is 5.97 Å². The minimum absolute atomic E-state index is 0.221. The van der Waals surface area contributed by atoms with Crippen LogP contribution in [0.5, 0.6) is 0 Å². The second kappa shape index (κ2) is 4.94. The van der Waals surface area contributed by atoms with Gasteiger partial charge >= 0.3 is 5.97 Å². The van der Waals surface area contributed by atoms with Gasteiger partial charge in [-0.3, -0.25) is 4.90 Å². The van der Waals surface area contributed by atoms with Crippen molar-refractivity contribution in [1.82, 2.24) is 4.90 Å². The first-order valence-corrected chi connectivity index (χ1v) is 6.31. The minimum Gasteiger partial charge on any atom is -0.479 e. The highest BCUT2D eigenvalue weighted by Gasteiger charge is 2.35. The van der Waals surface area contributed by atoms with E-state index < -0.39 is 11.6 Å². The van der Waals surface area contributed by atoms with E-state index in [1.807, 2.05) is 0 Å². The molecule has 1 unspecified atom stereocenters. The Bertz CT molecular complexity index is 273. The number of carboxylic acids is 1. The lowest BCUT2D eigenvalue weighted by Gasteiger charge is -2.40. The van der Waals surface area contributed by atoms with E-state index in [1.165, 1.54) is 6.92 Å². The normalized spacial score (nSPS) is 23.4. The summed E-state index contributed by atoms with van der Waals surface area (Å²) in [5, 5.41) is 18.6. The average Bonchev–Trinajstić information content (AvgIpc) is 2.16. The van der Waals surface area contributed by atoms with Crippen molar-refractivity contribution in [2.75, 3.05) is 19.6 Å². The van der Waals surface area contributed by atoms with Crippen molar-refractivity contribution in [1.29, 1.82) is 0 Å². The van der Waals surface area contributed by atoms with Crippen LogP contribution in [0.4, 0.5) is 0 Å². The van der Waals surface area contributed by atoms with Gasteiger partial charge < -0.3 is 10.2 Å². The van der Waals surface area contributed by atoms with Crippen LogP contribution < -0.4 is 0 Å². The number of carbonyl (C=O) groups is 1. The zero-order valence-electron chi connectivity index (χ0n) is 11.4. The molecule has 1 saturated heterocycles. The molecule has 0 aromatic rings. The van der Waals surface area contributed by atoms with Crippen molar-refractivity contribution in [3.63, 3.8) is 0 Å². The van der Waals surface area contributed by atoms with E-state index in [0.717, 1.165) is 25.9 Å². The number of carboxylic acid groups (broad SMARTS) is 1. The molecule has 1 heterocycles. The zero-order chi connectivity index (χ0) is 13.3. The molecule has 1 aliphatic heterocycles. The van der Waals surface area contributed by atoms with Crippen LogP contribution in [0.2, 0.25) is 0 Å². The number of hydrogen-bond donors (Lipinski definition) is 2. The molecule has 0 aromatic carbocycles. The number of β-amino-alcohol motifs (C(OH)–C–C–N with tert-alkyl or cyclic N) is 1. The Morgan fingerprint density at radius 2 is 1.71 bits per heavy atom. The molecule has 0 amide bonds. The summed E-state index contributed by atoms with van der Waals surface area (Å²) >= 11 is 0. The molecule has 1 rings (SSSR count). The first-order valence-electron chi connectivity index (χ1n) is 6.31. The average molecular weight is 243 g/mol. The zero-order valence-corrected chi connectivity index (χ0v) is 11.4. The highest BCUT2D eigenvalue weighted by Crippen LogP contribution is 2.34. The standard InChI is InChI=1S/C13H25NO3/c1-12(2,3)10-5-7-14(8-6-10)9-13(4,17)11(15)16/h10,17H,5-9H2,1-4H3,(H,15,16). The van der Waals surface area contributed by atoms with Crippen LogP contribution in [0.15, 0.2) is 0 Å². The predicted octanol–water partition coefficient (Wildman–Crippen LogP) is 1.58. The first-order chi connectivity index (χ1) is 7.63. The molecule has 0 aromatic heterocycles. The SMILES string of the molecule is CC(O)(CN1CCC(C(C)(C)C)CC1)C(=O)O. The fourth-order valence-electron chi connectivity index (χ4n) is 2.46. The van der Waals surface area contributed by atoms with Gasteiger partial charge in [-0.15, -0.1) is 0 Å². The lowest BCUT2D eigenvalue weighted by molar-refractivity contribution is -0.158.